The second-order valence-electron chi connectivity index (χ2n) is 8.43. The van der Waals surface area contributed by atoms with E-state index in [9.17, 15) is 8.42 Å². The number of furan rings is 1. The molecule has 1 unspecified atom stereocenters. The van der Waals surface area contributed by atoms with Gasteiger partial charge in [0.25, 0.3) is 0 Å². The summed E-state index contributed by atoms with van der Waals surface area (Å²) in [6.07, 6.45) is 3.54. The second-order valence-corrected chi connectivity index (χ2v) is 10.8. The lowest BCUT2D eigenvalue weighted by atomic mass is 9.74. The van der Waals surface area contributed by atoms with Gasteiger partial charge in [0.1, 0.15) is 16.9 Å². The lowest BCUT2D eigenvalue weighted by Gasteiger charge is -2.40. The Hall–Kier alpha value is -1.93. The Bertz CT molecular complexity index is 1230. The Morgan fingerprint density at radius 3 is 2.72 bits per heavy atom. The molecular weight excluding hydrogens is 412 g/mol. The van der Waals surface area contributed by atoms with Gasteiger partial charge in [-0.25, -0.2) is 8.42 Å². The zero-order chi connectivity index (χ0) is 20.4. The van der Waals surface area contributed by atoms with Crippen LogP contribution in [0.5, 0.6) is 0 Å². The summed E-state index contributed by atoms with van der Waals surface area (Å²) in [5.74, 6) is 0.861. The Kier molecular flexibility index (Phi) is 4.13. The first-order valence-electron chi connectivity index (χ1n) is 9.49. The number of rotatable bonds is 2. The van der Waals surface area contributed by atoms with Gasteiger partial charge in [0, 0.05) is 48.0 Å². The van der Waals surface area contributed by atoms with Gasteiger partial charge in [-0.05, 0) is 24.6 Å². The fraction of sp³-hybridized carbons (Fsp3) is 0.381. The fourth-order valence-electron chi connectivity index (χ4n) is 4.37. The van der Waals surface area contributed by atoms with Gasteiger partial charge in [-0.3, -0.25) is 4.98 Å². The molecule has 0 bridgehead atoms. The summed E-state index contributed by atoms with van der Waals surface area (Å²) in [5.41, 5.74) is 1.20. The molecule has 1 spiro atoms. The normalized spacial score (nSPS) is 23.6. The molecule has 152 valence electrons. The van der Waals surface area contributed by atoms with E-state index in [1.54, 1.807) is 12.1 Å². The van der Waals surface area contributed by atoms with Crippen LogP contribution in [0, 0.1) is 0 Å². The summed E-state index contributed by atoms with van der Waals surface area (Å²) >= 11 is 5.94. The third-order valence-corrected chi connectivity index (χ3v) is 7.89. The van der Waals surface area contributed by atoms with Crippen LogP contribution in [0.4, 0.5) is 0 Å². The van der Waals surface area contributed by atoms with Crippen LogP contribution < -0.4 is 5.32 Å². The number of aromatic nitrogens is 1. The van der Waals surface area contributed by atoms with E-state index in [0.717, 1.165) is 29.7 Å². The smallest absolute Gasteiger partial charge is 0.208 e. The minimum absolute atomic E-state index is 0.0586. The third-order valence-electron chi connectivity index (χ3n) is 5.96. The molecule has 1 fully saturated rings. The minimum Gasteiger partial charge on any atom is -0.459 e. The third kappa shape index (κ3) is 2.83. The molecule has 0 aliphatic carbocycles. The van der Waals surface area contributed by atoms with E-state index in [-0.39, 0.29) is 25.8 Å². The van der Waals surface area contributed by atoms with Crippen LogP contribution in [-0.4, -0.2) is 33.2 Å². The Morgan fingerprint density at radius 1 is 1.17 bits per heavy atom. The quantitative estimate of drug-likeness (QED) is 0.663. The van der Waals surface area contributed by atoms with Crippen LogP contribution >= 0.6 is 11.6 Å². The predicted octanol–water partition coefficient (Wildman–Crippen LogP) is 3.81. The largest absolute Gasteiger partial charge is 0.459 e. The number of benzene rings is 1. The van der Waals surface area contributed by atoms with E-state index >= 15 is 0 Å². The van der Waals surface area contributed by atoms with Crippen molar-refractivity contribution in [1.29, 1.82) is 0 Å². The zero-order valence-electron chi connectivity index (χ0n) is 16.2. The molecule has 5 rings (SSSR count). The molecule has 6 nitrogen and oxygen atoms in total. The van der Waals surface area contributed by atoms with E-state index in [1.807, 2.05) is 6.07 Å². The molecule has 0 radical (unpaired) electrons. The molecule has 0 amide bonds. The minimum atomic E-state index is -3.76. The van der Waals surface area contributed by atoms with Crippen molar-refractivity contribution in [3.63, 3.8) is 0 Å². The molecule has 3 aromatic rings. The summed E-state index contributed by atoms with van der Waals surface area (Å²) in [7, 11) is -3.76. The molecule has 29 heavy (non-hydrogen) atoms. The monoisotopic (exact) mass is 432 g/mol. The highest BCUT2D eigenvalue weighted by atomic mass is 35.5. The number of pyridine rings is 1. The summed E-state index contributed by atoms with van der Waals surface area (Å²) in [6.45, 7) is 6.35. The Labute approximate surface area is 174 Å². The van der Waals surface area contributed by atoms with Crippen molar-refractivity contribution in [1.82, 2.24) is 10.3 Å². The van der Waals surface area contributed by atoms with Gasteiger partial charge >= 0.3 is 0 Å². The maximum Gasteiger partial charge on any atom is 0.208 e. The zero-order valence-corrected chi connectivity index (χ0v) is 17.7. The van der Waals surface area contributed by atoms with E-state index in [0.29, 0.717) is 18.8 Å². The molecule has 0 saturated carbocycles. The highest BCUT2D eigenvalue weighted by molar-refractivity contribution is 7.91. The van der Waals surface area contributed by atoms with Crippen molar-refractivity contribution in [2.45, 2.75) is 41.0 Å². The number of ether oxygens (including phenoxy) is 1. The van der Waals surface area contributed by atoms with E-state index in [1.165, 1.54) is 18.5 Å². The van der Waals surface area contributed by atoms with Crippen LogP contribution in [0.25, 0.3) is 11.0 Å². The molecule has 1 atom stereocenters. The predicted molar refractivity (Wildman–Crippen MR) is 109 cm³/mol. The lowest BCUT2D eigenvalue weighted by Crippen LogP contribution is -2.53. The van der Waals surface area contributed by atoms with E-state index in [2.05, 4.69) is 24.1 Å². The van der Waals surface area contributed by atoms with E-state index in [4.69, 9.17) is 20.8 Å². The maximum atomic E-state index is 13.1. The second kappa shape index (κ2) is 6.28. The molecule has 8 heteroatoms. The number of halogens is 1. The molecule has 2 aliphatic heterocycles. The molecule has 1 aromatic carbocycles. The first kappa shape index (κ1) is 19.1. The summed E-state index contributed by atoms with van der Waals surface area (Å²) in [5, 5.41) is 4.84. The average molecular weight is 433 g/mol. The van der Waals surface area contributed by atoms with Gasteiger partial charge in [0.2, 0.25) is 9.84 Å². The molecule has 2 aromatic heterocycles. The number of fused-ring (bicyclic) bond motifs is 4. The highest BCUT2D eigenvalue weighted by Crippen LogP contribution is 2.47. The van der Waals surface area contributed by atoms with Gasteiger partial charge < -0.3 is 14.5 Å². The topological polar surface area (TPSA) is 81.4 Å². The van der Waals surface area contributed by atoms with Crippen LogP contribution in [0.15, 0.2) is 50.9 Å². The van der Waals surface area contributed by atoms with E-state index < -0.39 is 9.84 Å². The number of sulfone groups is 1. The molecule has 4 heterocycles. The van der Waals surface area contributed by atoms with Crippen molar-refractivity contribution in [3.8, 4) is 0 Å². The van der Waals surface area contributed by atoms with Gasteiger partial charge in [-0.15, -0.1) is 0 Å². The molecular formula is C21H21ClN2O4S. The molecule has 2 aliphatic rings. The number of hydrogen-bond donors (Lipinski definition) is 1. The van der Waals surface area contributed by atoms with Crippen molar-refractivity contribution >= 4 is 32.4 Å². The van der Waals surface area contributed by atoms with Crippen LogP contribution in [0.1, 0.15) is 31.6 Å². The fourth-order valence-corrected chi connectivity index (χ4v) is 5.87. The number of hydrogen-bond acceptors (Lipinski definition) is 6. The summed E-state index contributed by atoms with van der Waals surface area (Å²) in [4.78, 5) is 4.12. The van der Waals surface area contributed by atoms with Gasteiger partial charge in [-0.1, -0.05) is 25.4 Å². The standard InChI is InChI=1S/C21H21ClN2O4S/c1-20(2)11-24-21(5-6-27-12-21)19-18(20)16-4-3-14(8-17(16)28-19)29(25,26)15-7-13(22)9-23-10-15/h3-4,7-10,24H,5-6,11-12H2,1-2H3. The van der Waals surface area contributed by atoms with Crippen molar-refractivity contribution in [3.05, 3.63) is 53.0 Å². The summed E-state index contributed by atoms with van der Waals surface area (Å²) < 4.78 is 38.1. The van der Waals surface area contributed by atoms with Gasteiger partial charge in [0.15, 0.2) is 0 Å². The average Bonchev–Trinajstić information content (AvgIpc) is 3.31. The maximum absolute atomic E-state index is 13.1. The van der Waals surface area contributed by atoms with Crippen molar-refractivity contribution in [2.75, 3.05) is 19.8 Å². The molecule has 1 N–H and O–H groups in total. The number of nitrogens with one attached hydrogen (secondary N) is 1. The molecule has 1 saturated heterocycles. The highest BCUT2D eigenvalue weighted by Gasteiger charge is 2.49. The van der Waals surface area contributed by atoms with Gasteiger partial charge in [0.05, 0.1) is 21.4 Å². The first-order chi connectivity index (χ1) is 13.7. The van der Waals surface area contributed by atoms with Crippen LogP contribution in [0.3, 0.4) is 0 Å². The van der Waals surface area contributed by atoms with Crippen molar-refractivity contribution in [2.24, 2.45) is 0 Å². The lowest BCUT2D eigenvalue weighted by molar-refractivity contribution is 0.144. The van der Waals surface area contributed by atoms with Crippen molar-refractivity contribution < 1.29 is 17.6 Å². The first-order valence-corrected chi connectivity index (χ1v) is 11.4. The Balaban J connectivity index is 1.70. The SMILES string of the molecule is CC1(C)CNC2(CCOC2)c2oc3cc(S(=O)(=O)c4cncc(Cl)c4)ccc3c21. The van der Waals surface area contributed by atoms with Crippen LogP contribution in [-0.2, 0) is 25.5 Å². The van der Waals surface area contributed by atoms with Gasteiger partial charge in [-0.2, -0.15) is 0 Å². The Morgan fingerprint density at radius 2 is 2.00 bits per heavy atom. The van der Waals surface area contributed by atoms with Crippen LogP contribution in [0.2, 0.25) is 5.02 Å². The summed E-state index contributed by atoms with van der Waals surface area (Å²) in [6, 6.07) is 6.48. The number of nitrogens with zero attached hydrogens (tertiary/aromatic N) is 1.